The molecule has 0 spiro atoms. The van der Waals surface area contributed by atoms with E-state index in [-0.39, 0.29) is 0 Å². The summed E-state index contributed by atoms with van der Waals surface area (Å²) in [5.74, 6) is 0. The van der Waals surface area contributed by atoms with Gasteiger partial charge < -0.3 is 4.90 Å². The standard InChI is InChI=1S/C14H16NP.C6H12/c1-15(2)13-9-5-3-7-11(13)12-8-4-6-10-14(12)16;1-2-4-6-5-3-1/h3-10H,16H2,1-2H3;1-6H2. The molecule has 2 heteroatoms. The molecule has 1 saturated carbocycles. The lowest BCUT2D eigenvalue weighted by Gasteiger charge is -2.18. The largest absolute Gasteiger partial charge is 0.377 e. The topological polar surface area (TPSA) is 3.24 Å². The summed E-state index contributed by atoms with van der Waals surface area (Å²) < 4.78 is 0. The Morgan fingerprint density at radius 3 is 1.64 bits per heavy atom. The van der Waals surface area contributed by atoms with Crippen LogP contribution < -0.4 is 10.2 Å². The number of anilines is 1. The van der Waals surface area contributed by atoms with Crippen LogP contribution in [0.25, 0.3) is 11.1 Å². The molecule has 3 rings (SSSR count). The van der Waals surface area contributed by atoms with E-state index in [9.17, 15) is 0 Å². The Hall–Kier alpha value is -1.33. The van der Waals surface area contributed by atoms with Crippen LogP contribution in [0.15, 0.2) is 48.5 Å². The highest BCUT2D eigenvalue weighted by Crippen LogP contribution is 2.29. The van der Waals surface area contributed by atoms with Gasteiger partial charge in [0.1, 0.15) is 0 Å². The zero-order chi connectivity index (χ0) is 15.8. The molecular weight excluding hydrogens is 285 g/mol. The van der Waals surface area contributed by atoms with Gasteiger partial charge in [0.05, 0.1) is 0 Å². The average Bonchev–Trinajstić information content (AvgIpc) is 2.57. The fourth-order valence-electron chi connectivity index (χ4n) is 2.89. The Kier molecular flexibility index (Phi) is 6.93. The number of para-hydroxylation sites is 1. The molecule has 1 nitrogen and oxygen atoms in total. The SMILES string of the molecule is C1CCCCC1.CN(C)c1ccccc1-c1ccccc1P. The van der Waals surface area contributed by atoms with Gasteiger partial charge in [-0.05, 0) is 16.9 Å². The van der Waals surface area contributed by atoms with Crippen molar-refractivity contribution >= 4 is 20.2 Å². The molecule has 0 bridgehead atoms. The molecule has 22 heavy (non-hydrogen) atoms. The maximum atomic E-state index is 2.80. The van der Waals surface area contributed by atoms with Crippen molar-refractivity contribution in [1.29, 1.82) is 0 Å². The zero-order valence-corrected chi connectivity index (χ0v) is 15.0. The van der Waals surface area contributed by atoms with Gasteiger partial charge in [-0.15, -0.1) is 9.24 Å². The minimum atomic E-state index is 1.23. The third kappa shape index (κ3) is 4.85. The molecule has 2 aromatic rings. The van der Waals surface area contributed by atoms with Crippen molar-refractivity contribution in [2.24, 2.45) is 0 Å². The third-order valence-electron chi connectivity index (χ3n) is 4.14. The van der Waals surface area contributed by atoms with Gasteiger partial charge in [-0.2, -0.15) is 0 Å². The molecule has 118 valence electrons. The smallest absolute Gasteiger partial charge is 0.0440 e. The van der Waals surface area contributed by atoms with Crippen molar-refractivity contribution in [2.45, 2.75) is 38.5 Å². The molecule has 1 aliphatic rings. The molecule has 2 aromatic carbocycles. The van der Waals surface area contributed by atoms with Crippen molar-refractivity contribution in [1.82, 2.24) is 0 Å². The number of hydrogen-bond donors (Lipinski definition) is 0. The van der Waals surface area contributed by atoms with Crippen molar-refractivity contribution in [3.8, 4) is 11.1 Å². The van der Waals surface area contributed by atoms with Gasteiger partial charge >= 0.3 is 0 Å². The molecule has 1 atom stereocenters. The molecule has 1 fully saturated rings. The lowest BCUT2D eigenvalue weighted by atomic mass is 10.0. The van der Waals surface area contributed by atoms with E-state index >= 15 is 0 Å². The van der Waals surface area contributed by atoms with Crippen LogP contribution in [0.2, 0.25) is 0 Å². The maximum Gasteiger partial charge on any atom is 0.0440 e. The van der Waals surface area contributed by atoms with E-state index < -0.39 is 0 Å². The van der Waals surface area contributed by atoms with Gasteiger partial charge in [0.25, 0.3) is 0 Å². The van der Waals surface area contributed by atoms with Crippen LogP contribution in [0.5, 0.6) is 0 Å². The summed E-state index contributed by atoms with van der Waals surface area (Å²) in [4.78, 5) is 2.15. The Labute approximate surface area is 137 Å². The molecule has 1 unspecified atom stereocenters. The zero-order valence-electron chi connectivity index (χ0n) is 13.9. The third-order valence-corrected chi connectivity index (χ3v) is 4.64. The maximum absolute atomic E-state index is 2.80. The number of rotatable bonds is 2. The highest BCUT2D eigenvalue weighted by atomic mass is 31.0. The number of hydrogen-bond acceptors (Lipinski definition) is 1. The van der Waals surface area contributed by atoms with Gasteiger partial charge in [-0.1, -0.05) is 81.0 Å². The second-order valence-electron chi connectivity index (χ2n) is 6.12. The second-order valence-corrected chi connectivity index (χ2v) is 6.74. The molecule has 0 aliphatic heterocycles. The Morgan fingerprint density at radius 1 is 0.682 bits per heavy atom. The summed E-state index contributed by atoms with van der Waals surface area (Å²) >= 11 is 0. The number of nitrogens with zero attached hydrogens (tertiary/aromatic N) is 1. The van der Waals surface area contributed by atoms with Crippen molar-refractivity contribution in [2.75, 3.05) is 19.0 Å². The summed E-state index contributed by atoms with van der Waals surface area (Å²) in [6.45, 7) is 0. The summed E-state index contributed by atoms with van der Waals surface area (Å²) in [5.41, 5.74) is 3.80. The van der Waals surface area contributed by atoms with Crippen molar-refractivity contribution in [3.63, 3.8) is 0 Å². The molecule has 0 aromatic heterocycles. The second kappa shape index (κ2) is 8.96. The minimum Gasteiger partial charge on any atom is -0.377 e. The predicted octanol–water partition coefficient (Wildman–Crippen LogP) is 5.26. The monoisotopic (exact) mass is 313 g/mol. The van der Waals surface area contributed by atoms with Crippen LogP contribution in [0.4, 0.5) is 5.69 Å². The van der Waals surface area contributed by atoms with E-state index in [1.54, 1.807) is 0 Å². The fourth-order valence-corrected chi connectivity index (χ4v) is 3.26. The summed E-state index contributed by atoms with van der Waals surface area (Å²) in [6, 6.07) is 16.9. The first-order valence-corrected chi connectivity index (χ1v) is 8.89. The molecule has 0 heterocycles. The Balaban J connectivity index is 0.000000246. The van der Waals surface area contributed by atoms with Crippen LogP contribution >= 0.6 is 9.24 Å². The van der Waals surface area contributed by atoms with E-state index in [0.29, 0.717) is 0 Å². The van der Waals surface area contributed by atoms with Gasteiger partial charge in [-0.3, -0.25) is 0 Å². The van der Waals surface area contributed by atoms with Crippen LogP contribution in [0.1, 0.15) is 38.5 Å². The normalized spacial score (nSPS) is 14.0. The quantitative estimate of drug-likeness (QED) is 0.684. The van der Waals surface area contributed by atoms with E-state index in [0.717, 1.165) is 0 Å². The lowest BCUT2D eigenvalue weighted by Crippen LogP contribution is -2.10. The highest BCUT2D eigenvalue weighted by Gasteiger charge is 2.07. The molecular formula is C20H28NP. The van der Waals surface area contributed by atoms with Gasteiger partial charge in [0.15, 0.2) is 0 Å². The van der Waals surface area contributed by atoms with E-state index in [1.165, 1.54) is 60.6 Å². The molecule has 0 amide bonds. The summed E-state index contributed by atoms with van der Waals surface area (Å²) in [5, 5.41) is 1.23. The van der Waals surface area contributed by atoms with E-state index in [2.05, 4.69) is 76.8 Å². The first-order chi connectivity index (χ1) is 10.7. The predicted molar refractivity (Wildman–Crippen MR) is 103 cm³/mol. The van der Waals surface area contributed by atoms with Crippen molar-refractivity contribution < 1.29 is 0 Å². The Bertz CT molecular complexity index is 562. The van der Waals surface area contributed by atoms with Crippen LogP contribution in [0, 0.1) is 0 Å². The van der Waals surface area contributed by atoms with Gasteiger partial charge in [0, 0.05) is 25.3 Å². The molecule has 0 radical (unpaired) electrons. The summed E-state index contributed by atoms with van der Waals surface area (Å²) in [7, 11) is 6.94. The van der Waals surface area contributed by atoms with E-state index in [4.69, 9.17) is 0 Å². The van der Waals surface area contributed by atoms with Crippen LogP contribution in [0.3, 0.4) is 0 Å². The minimum absolute atomic E-state index is 1.23. The van der Waals surface area contributed by atoms with E-state index in [1.807, 2.05) is 0 Å². The lowest BCUT2D eigenvalue weighted by molar-refractivity contribution is 0.504. The van der Waals surface area contributed by atoms with Gasteiger partial charge in [0.2, 0.25) is 0 Å². The average molecular weight is 313 g/mol. The van der Waals surface area contributed by atoms with Crippen molar-refractivity contribution in [3.05, 3.63) is 48.5 Å². The molecule has 1 aliphatic carbocycles. The molecule has 0 saturated heterocycles. The highest BCUT2D eigenvalue weighted by molar-refractivity contribution is 7.28. The first-order valence-electron chi connectivity index (χ1n) is 8.31. The molecule has 0 N–H and O–H groups in total. The van der Waals surface area contributed by atoms with Gasteiger partial charge in [-0.25, -0.2) is 0 Å². The number of benzene rings is 2. The van der Waals surface area contributed by atoms with Crippen LogP contribution in [-0.2, 0) is 0 Å². The Morgan fingerprint density at radius 2 is 1.14 bits per heavy atom. The fraction of sp³-hybridized carbons (Fsp3) is 0.400. The first kappa shape index (κ1) is 17.0. The summed E-state index contributed by atoms with van der Waals surface area (Å²) in [6.07, 6.45) is 9.00. The van der Waals surface area contributed by atoms with Crippen LogP contribution in [-0.4, -0.2) is 14.1 Å².